The van der Waals surface area contributed by atoms with E-state index in [1.807, 2.05) is 0 Å². The first-order valence-electron chi connectivity index (χ1n) is 6.76. The van der Waals surface area contributed by atoms with Gasteiger partial charge in [-0.25, -0.2) is 8.42 Å². The molecule has 0 radical (unpaired) electrons. The molecule has 0 saturated heterocycles. The first kappa shape index (κ1) is 17.3. The highest BCUT2D eigenvalue weighted by Crippen LogP contribution is 2.34. The lowest BCUT2D eigenvalue weighted by Gasteiger charge is -2.12. The average Bonchev–Trinajstić information content (AvgIpc) is 3.17. The Labute approximate surface area is 143 Å². The van der Waals surface area contributed by atoms with Crippen molar-refractivity contribution in [3.05, 3.63) is 26.7 Å². The zero-order valence-corrected chi connectivity index (χ0v) is 15.2. The van der Waals surface area contributed by atoms with Gasteiger partial charge in [0.25, 0.3) is 0 Å². The number of anilines is 1. The van der Waals surface area contributed by atoms with Crippen LogP contribution < -0.4 is 10.0 Å². The molecule has 2 N–H and O–H groups in total. The Balaban J connectivity index is 1.85. The third-order valence-electron chi connectivity index (χ3n) is 3.11. The van der Waals surface area contributed by atoms with Crippen LogP contribution >= 0.6 is 39.1 Å². The fourth-order valence-electron chi connectivity index (χ4n) is 1.86. The fourth-order valence-corrected chi connectivity index (χ4v) is 4.49. The SMILES string of the molecule is O=S(=O)(CCCCNC1CC1)Nc1c(Cl)cc(Br)cc1Cl. The molecule has 0 aromatic heterocycles. The molecule has 8 heteroatoms. The Hall–Kier alpha value is -0.0100. The molecule has 1 saturated carbocycles. The number of halogens is 3. The predicted octanol–water partition coefficient (Wildman–Crippen LogP) is 4.03. The molecule has 0 atom stereocenters. The molecule has 1 fully saturated rings. The van der Waals surface area contributed by atoms with Crippen LogP contribution in [0.15, 0.2) is 16.6 Å². The van der Waals surface area contributed by atoms with Crippen LogP contribution in [-0.4, -0.2) is 26.8 Å². The highest BCUT2D eigenvalue weighted by atomic mass is 79.9. The largest absolute Gasteiger partial charge is 0.314 e. The van der Waals surface area contributed by atoms with Crippen LogP contribution in [0.3, 0.4) is 0 Å². The molecular weight excluding hydrogens is 399 g/mol. The number of rotatable bonds is 8. The van der Waals surface area contributed by atoms with Gasteiger partial charge in [0.2, 0.25) is 10.0 Å². The van der Waals surface area contributed by atoms with E-state index in [9.17, 15) is 8.42 Å². The summed E-state index contributed by atoms with van der Waals surface area (Å²) in [6, 6.07) is 3.86. The zero-order chi connectivity index (χ0) is 15.5. The summed E-state index contributed by atoms with van der Waals surface area (Å²) in [6.07, 6.45) is 3.90. The molecule has 0 aliphatic heterocycles. The van der Waals surface area contributed by atoms with Crippen LogP contribution in [0.5, 0.6) is 0 Å². The lowest BCUT2D eigenvalue weighted by atomic mass is 10.3. The van der Waals surface area contributed by atoms with E-state index in [0.717, 1.165) is 13.0 Å². The minimum Gasteiger partial charge on any atom is -0.314 e. The van der Waals surface area contributed by atoms with Crippen LogP contribution in [0.4, 0.5) is 5.69 Å². The van der Waals surface area contributed by atoms with Crippen molar-refractivity contribution in [2.24, 2.45) is 0 Å². The lowest BCUT2D eigenvalue weighted by molar-refractivity contribution is 0.591. The Morgan fingerprint density at radius 1 is 1.19 bits per heavy atom. The van der Waals surface area contributed by atoms with Gasteiger partial charge in [0, 0.05) is 10.5 Å². The Bertz CT molecular complexity index is 583. The monoisotopic (exact) mass is 414 g/mol. The van der Waals surface area contributed by atoms with Gasteiger partial charge in [-0.05, 0) is 44.4 Å². The molecule has 1 aliphatic rings. The van der Waals surface area contributed by atoms with Crippen LogP contribution in [-0.2, 0) is 10.0 Å². The van der Waals surface area contributed by atoms with E-state index in [1.54, 1.807) is 12.1 Å². The Morgan fingerprint density at radius 3 is 2.38 bits per heavy atom. The third-order valence-corrected chi connectivity index (χ3v) is 5.51. The third kappa shape index (κ3) is 5.94. The van der Waals surface area contributed by atoms with E-state index in [-0.39, 0.29) is 21.5 Å². The molecule has 1 aromatic rings. The van der Waals surface area contributed by atoms with Gasteiger partial charge in [-0.3, -0.25) is 4.72 Å². The van der Waals surface area contributed by atoms with E-state index >= 15 is 0 Å². The van der Waals surface area contributed by atoms with Gasteiger partial charge in [0.1, 0.15) is 0 Å². The minimum absolute atomic E-state index is 0.0576. The second-order valence-electron chi connectivity index (χ2n) is 5.10. The molecule has 4 nitrogen and oxygen atoms in total. The topological polar surface area (TPSA) is 58.2 Å². The lowest BCUT2D eigenvalue weighted by Crippen LogP contribution is -2.20. The second kappa shape index (κ2) is 7.51. The van der Waals surface area contributed by atoms with Crippen LogP contribution in [0, 0.1) is 0 Å². The van der Waals surface area contributed by atoms with Gasteiger partial charge >= 0.3 is 0 Å². The van der Waals surface area contributed by atoms with E-state index < -0.39 is 10.0 Å². The van der Waals surface area contributed by atoms with Gasteiger partial charge in [-0.1, -0.05) is 39.1 Å². The average molecular weight is 416 g/mol. The molecule has 1 aliphatic carbocycles. The van der Waals surface area contributed by atoms with Crippen molar-refractivity contribution in [2.45, 2.75) is 31.7 Å². The first-order valence-corrected chi connectivity index (χ1v) is 9.96. The minimum atomic E-state index is -3.44. The summed E-state index contributed by atoms with van der Waals surface area (Å²) in [6.45, 7) is 0.861. The molecular formula is C13H17BrCl2N2O2S. The normalized spacial score (nSPS) is 15.2. The molecule has 118 valence electrons. The summed E-state index contributed by atoms with van der Waals surface area (Å²) in [7, 11) is -3.44. The van der Waals surface area contributed by atoms with Crippen molar-refractivity contribution >= 4 is 54.8 Å². The molecule has 21 heavy (non-hydrogen) atoms. The summed E-state index contributed by atoms with van der Waals surface area (Å²) >= 11 is 15.3. The second-order valence-corrected chi connectivity index (χ2v) is 8.67. The number of nitrogens with one attached hydrogen (secondary N) is 2. The Kier molecular flexibility index (Phi) is 6.20. The van der Waals surface area contributed by atoms with E-state index in [0.29, 0.717) is 16.9 Å². The van der Waals surface area contributed by atoms with Crippen molar-refractivity contribution in [2.75, 3.05) is 17.0 Å². The smallest absolute Gasteiger partial charge is 0.232 e. The molecule has 1 aromatic carbocycles. The number of sulfonamides is 1. The standard InChI is InChI=1S/C13H17BrCl2N2O2S/c14-9-7-11(15)13(12(16)8-9)18-21(19,20)6-2-1-5-17-10-3-4-10/h7-8,10,17-18H,1-6H2. The molecule has 2 rings (SSSR count). The molecule has 0 bridgehead atoms. The van der Waals surface area contributed by atoms with Gasteiger partial charge in [-0.2, -0.15) is 0 Å². The number of benzene rings is 1. The van der Waals surface area contributed by atoms with Gasteiger partial charge in [0.05, 0.1) is 21.5 Å². The van der Waals surface area contributed by atoms with Crippen LogP contribution in [0.1, 0.15) is 25.7 Å². The van der Waals surface area contributed by atoms with Crippen molar-refractivity contribution in [3.8, 4) is 0 Å². The quantitative estimate of drug-likeness (QED) is 0.630. The van der Waals surface area contributed by atoms with E-state index in [1.165, 1.54) is 12.8 Å². The summed E-state index contributed by atoms with van der Waals surface area (Å²) in [5, 5.41) is 3.90. The number of hydrogen-bond donors (Lipinski definition) is 2. The maximum Gasteiger partial charge on any atom is 0.232 e. The fraction of sp³-hybridized carbons (Fsp3) is 0.538. The van der Waals surface area contributed by atoms with Crippen molar-refractivity contribution in [3.63, 3.8) is 0 Å². The van der Waals surface area contributed by atoms with Crippen molar-refractivity contribution in [1.82, 2.24) is 5.32 Å². The molecule has 0 heterocycles. The Morgan fingerprint density at radius 2 is 1.81 bits per heavy atom. The van der Waals surface area contributed by atoms with Crippen LogP contribution in [0.25, 0.3) is 0 Å². The molecule has 0 spiro atoms. The molecule has 0 unspecified atom stereocenters. The highest BCUT2D eigenvalue weighted by Gasteiger charge is 2.20. The summed E-state index contributed by atoms with van der Waals surface area (Å²) in [5.41, 5.74) is 0.234. The summed E-state index contributed by atoms with van der Waals surface area (Å²) in [5.74, 6) is 0.0576. The van der Waals surface area contributed by atoms with Gasteiger partial charge in [0.15, 0.2) is 0 Å². The first-order chi connectivity index (χ1) is 9.87. The maximum atomic E-state index is 12.0. The van der Waals surface area contributed by atoms with E-state index in [4.69, 9.17) is 23.2 Å². The van der Waals surface area contributed by atoms with Crippen molar-refractivity contribution in [1.29, 1.82) is 0 Å². The van der Waals surface area contributed by atoms with E-state index in [2.05, 4.69) is 26.0 Å². The highest BCUT2D eigenvalue weighted by molar-refractivity contribution is 9.10. The number of unbranched alkanes of at least 4 members (excludes halogenated alkanes) is 1. The summed E-state index contributed by atoms with van der Waals surface area (Å²) < 4.78 is 27.2. The van der Waals surface area contributed by atoms with Crippen molar-refractivity contribution < 1.29 is 8.42 Å². The summed E-state index contributed by atoms with van der Waals surface area (Å²) in [4.78, 5) is 0. The zero-order valence-electron chi connectivity index (χ0n) is 11.3. The maximum absolute atomic E-state index is 12.0. The predicted molar refractivity (Wildman–Crippen MR) is 91.8 cm³/mol. The molecule has 0 amide bonds. The van der Waals surface area contributed by atoms with Gasteiger partial charge in [-0.15, -0.1) is 0 Å². The number of hydrogen-bond acceptors (Lipinski definition) is 3. The van der Waals surface area contributed by atoms with Crippen LogP contribution in [0.2, 0.25) is 10.0 Å². The van der Waals surface area contributed by atoms with Gasteiger partial charge < -0.3 is 5.32 Å².